The third-order valence-electron chi connectivity index (χ3n) is 6.73. The minimum Gasteiger partial charge on any atom is -0.392 e. The van der Waals surface area contributed by atoms with Crippen LogP contribution in [0.3, 0.4) is 0 Å². The molecule has 38 heavy (non-hydrogen) atoms. The zero-order valence-corrected chi connectivity index (χ0v) is 21.6. The second-order valence-electron chi connectivity index (χ2n) is 9.36. The summed E-state index contributed by atoms with van der Waals surface area (Å²) in [7, 11) is 0. The van der Waals surface area contributed by atoms with Crippen molar-refractivity contribution < 1.29 is 5.11 Å². The molecule has 5 rings (SSSR count). The van der Waals surface area contributed by atoms with Crippen molar-refractivity contribution in [3.63, 3.8) is 0 Å². The summed E-state index contributed by atoms with van der Waals surface area (Å²) in [4.78, 5) is 18.6. The quantitative estimate of drug-likeness (QED) is 0.305. The molecule has 0 aliphatic heterocycles. The number of aromatic amines is 1. The first-order valence-corrected chi connectivity index (χ1v) is 12.8. The van der Waals surface area contributed by atoms with Gasteiger partial charge in [0.1, 0.15) is 5.82 Å². The number of aromatic nitrogens is 6. The largest absolute Gasteiger partial charge is 0.392 e. The van der Waals surface area contributed by atoms with E-state index in [4.69, 9.17) is 4.98 Å². The molecule has 0 unspecified atom stereocenters. The molecule has 0 atom stereocenters. The van der Waals surface area contributed by atoms with E-state index >= 15 is 0 Å². The van der Waals surface area contributed by atoms with Gasteiger partial charge in [-0.05, 0) is 46.4 Å². The fraction of sp³-hybridized carbons (Fsp3) is 0.233. The molecule has 3 aromatic carbocycles. The van der Waals surface area contributed by atoms with Gasteiger partial charge in [0.05, 0.1) is 13.2 Å². The van der Waals surface area contributed by atoms with E-state index in [2.05, 4.69) is 51.8 Å². The summed E-state index contributed by atoms with van der Waals surface area (Å²) in [5.41, 5.74) is 7.30. The predicted octanol–water partition coefficient (Wildman–Crippen LogP) is 4.48. The van der Waals surface area contributed by atoms with Gasteiger partial charge in [-0.25, -0.2) is 4.98 Å². The molecule has 0 amide bonds. The van der Waals surface area contributed by atoms with Crippen molar-refractivity contribution in [2.24, 2.45) is 0 Å². The van der Waals surface area contributed by atoms with Crippen molar-refractivity contribution in [1.29, 1.82) is 0 Å². The number of aliphatic hydroxyl groups excluding tert-OH is 1. The van der Waals surface area contributed by atoms with E-state index in [-0.39, 0.29) is 12.2 Å². The van der Waals surface area contributed by atoms with Crippen molar-refractivity contribution in [3.05, 3.63) is 117 Å². The van der Waals surface area contributed by atoms with Crippen LogP contribution in [-0.4, -0.2) is 35.3 Å². The van der Waals surface area contributed by atoms with E-state index in [1.54, 1.807) is 0 Å². The van der Waals surface area contributed by atoms with E-state index in [9.17, 15) is 9.90 Å². The van der Waals surface area contributed by atoms with Crippen LogP contribution in [0.1, 0.15) is 47.1 Å². The van der Waals surface area contributed by atoms with E-state index in [1.807, 2.05) is 60.0 Å². The van der Waals surface area contributed by atoms with Crippen molar-refractivity contribution in [3.8, 4) is 22.5 Å². The minimum absolute atomic E-state index is 0.000856. The van der Waals surface area contributed by atoms with Crippen LogP contribution in [0.2, 0.25) is 0 Å². The Hall–Kier alpha value is -4.43. The molecule has 0 saturated heterocycles. The van der Waals surface area contributed by atoms with Gasteiger partial charge in [0, 0.05) is 29.7 Å². The second kappa shape index (κ2) is 11.3. The topological polar surface area (TPSA) is 110 Å². The lowest BCUT2D eigenvalue weighted by Crippen LogP contribution is -2.30. The van der Waals surface area contributed by atoms with Gasteiger partial charge >= 0.3 is 0 Å². The van der Waals surface area contributed by atoms with Crippen LogP contribution in [0.15, 0.2) is 77.6 Å². The number of nitrogens with zero attached hydrogens (tertiary/aromatic N) is 5. The zero-order chi connectivity index (χ0) is 26.5. The highest BCUT2D eigenvalue weighted by Gasteiger charge is 2.16. The lowest BCUT2D eigenvalue weighted by Gasteiger charge is -2.16. The number of rotatable bonds is 9. The Labute approximate surface area is 221 Å². The highest BCUT2D eigenvalue weighted by atomic mass is 16.3. The molecule has 8 nitrogen and oxygen atoms in total. The van der Waals surface area contributed by atoms with Crippen LogP contribution >= 0.6 is 0 Å². The van der Waals surface area contributed by atoms with Gasteiger partial charge < -0.3 is 5.11 Å². The number of hydrogen-bond acceptors (Lipinski definition) is 6. The highest BCUT2D eigenvalue weighted by Crippen LogP contribution is 2.29. The summed E-state index contributed by atoms with van der Waals surface area (Å²) >= 11 is 0. The fourth-order valence-corrected chi connectivity index (χ4v) is 4.68. The standard InChI is InChI=1S/C30H30N6O2/c1-3-6-28-31-20(2)27(17-21-9-11-23(19-37)12-10-21)30(38)36(28)18-22-13-15-24(16-14-22)25-7-4-5-8-26(25)29-32-34-35-33-29/h4-5,7-16,37H,3,6,17-19H2,1-2H3,(H,32,33,34,35). The lowest BCUT2D eigenvalue weighted by atomic mass is 9.98. The molecular formula is C30H30N6O2. The first-order valence-electron chi connectivity index (χ1n) is 12.8. The number of benzene rings is 3. The summed E-state index contributed by atoms with van der Waals surface area (Å²) in [6, 6.07) is 23.9. The summed E-state index contributed by atoms with van der Waals surface area (Å²) in [6.45, 7) is 4.46. The van der Waals surface area contributed by atoms with Crippen LogP contribution in [-0.2, 0) is 26.0 Å². The minimum atomic E-state index is -0.00119. The highest BCUT2D eigenvalue weighted by molar-refractivity contribution is 5.80. The SMILES string of the molecule is CCCc1nc(C)c(Cc2ccc(CO)cc2)c(=O)n1Cc1ccc(-c2ccccc2-c2nn[nH]n2)cc1. The van der Waals surface area contributed by atoms with Gasteiger partial charge in [0.2, 0.25) is 5.82 Å². The Balaban J connectivity index is 1.46. The first-order chi connectivity index (χ1) is 18.6. The summed E-state index contributed by atoms with van der Waals surface area (Å²) in [5, 5.41) is 23.8. The second-order valence-corrected chi connectivity index (χ2v) is 9.36. The smallest absolute Gasteiger partial charge is 0.257 e. The Bertz CT molecular complexity index is 1570. The van der Waals surface area contributed by atoms with Crippen LogP contribution < -0.4 is 5.56 Å². The number of H-pyrrole nitrogens is 1. The van der Waals surface area contributed by atoms with E-state index in [1.165, 1.54) is 0 Å². The van der Waals surface area contributed by atoms with Crippen LogP contribution in [0.5, 0.6) is 0 Å². The van der Waals surface area contributed by atoms with Crippen LogP contribution in [0, 0.1) is 6.92 Å². The molecule has 0 aliphatic rings. The number of tetrazole rings is 1. The average Bonchev–Trinajstić information content (AvgIpc) is 3.49. The van der Waals surface area contributed by atoms with Gasteiger partial charge in [-0.3, -0.25) is 9.36 Å². The maximum absolute atomic E-state index is 13.7. The molecular weight excluding hydrogens is 476 g/mol. The number of nitrogens with one attached hydrogen (secondary N) is 1. The molecule has 0 radical (unpaired) electrons. The molecule has 2 heterocycles. The molecule has 0 aliphatic carbocycles. The Morgan fingerprint density at radius 2 is 1.58 bits per heavy atom. The normalized spacial score (nSPS) is 11.1. The predicted molar refractivity (Wildman–Crippen MR) is 147 cm³/mol. The van der Waals surface area contributed by atoms with Gasteiger partial charge in [-0.2, -0.15) is 5.21 Å². The van der Waals surface area contributed by atoms with Crippen molar-refractivity contribution in [1.82, 2.24) is 30.2 Å². The number of aryl methyl sites for hydroxylation is 2. The van der Waals surface area contributed by atoms with Crippen molar-refractivity contribution >= 4 is 0 Å². The zero-order valence-electron chi connectivity index (χ0n) is 21.6. The fourth-order valence-electron chi connectivity index (χ4n) is 4.68. The third-order valence-corrected chi connectivity index (χ3v) is 6.73. The van der Waals surface area contributed by atoms with Gasteiger partial charge in [0.15, 0.2) is 0 Å². The molecule has 0 saturated carbocycles. The average molecular weight is 507 g/mol. The van der Waals surface area contributed by atoms with Crippen molar-refractivity contribution in [2.45, 2.75) is 46.3 Å². The van der Waals surface area contributed by atoms with E-state index < -0.39 is 0 Å². The van der Waals surface area contributed by atoms with Gasteiger partial charge in [-0.1, -0.05) is 79.7 Å². The maximum atomic E-state index is 13.7. The third kappa shape index (κ3) is 5.31. The molecule has 2 N–H and O–H groups in total. The van der Waals surface area contributed by atoms with Crippen molar-refractivity contribution in [2.75, 3.05) is 0 Å². The number of aliphatic hydroxyl groups is 1. The van der Waals surface area contributed by atoms with Gasteiger partial charge in [0.25, 0.3) is 5.56 Å². The maximum Gasteiger partial charge on any atom is 0.257 e. The Morgan fingerprint density at radius 3 is 2.24 bits per heavy atom. The molecule has 192 valence electrons. The Morgan fingerprint density at radius 1 is 0.895 bits per heavy atom. The molecule has 0 fully saturated rings. The summed E-state index contributed by atoms with van der Waals surface area (Å²) < 4.78 is 1.82. The Kier molecular flexibility index (Phi) is 7.51. The molecule has 0 spiro atoms. The summed E-state index contributed by atoms with van der Waals surface area (Å²) in [6.07, 6.45) is 2.14. The van der Waals surface area contributed by atoms with Gasteiger partial charge in [-0.15, -0.1) is 10.2 Å². The monoisotopic (exact) mass is 506 g/mol. The van der Waals surface area contributed by atoms with Crippen LogP contribution in [0.4, 0.5) is 0 Å². The lowest BCUT2D eigenvalue weighted by molar-refractivity contribution is 0.282. The molecule has 8 heteroatoms. The van der Waals surface area contributed by atoms with Crippen LogP contribution in [0.25, 0.3) is 22.5 Å². The van der Waals surface area contributed by atoms with E-state index in [0.717, 1.165) is 57.7 Å². The van der Waals surface area contributed by atoms with E-state index in [0.29, 0.717) is 24.4 Å². The molecule has 2 aromatic heterocycles. The molecule has 5 aromatic rings. The summed E-state index contributed by atoms with van der Waals surface area (Å²) in [5.74, 6) is 1.35. The number of hydrogen-bond donors (Lipinski definition) is 2. The molecule has 0 bridgehead atoms. The first kappa shape index (κ1) is 25.2.